The second-order valence-corrected chi connectivity index (χ2v) is 7.47. The van der Waals surface area contributed by atoms with E-state index in [1.54, 1.807) is 7.11 Å². The van der Waals surface area contributed by atoms with Crippen LogP contribution in [0, 0.1) is 5.92 Å². The maximum absolute atomic E-state index is 12.5. The molecule has 1 N–H and O–H groups in total. The monoisotopic (exact) mass is 344 g/mol. The fraction of sp³-hybridized carbons (Fsp3) is 0.600. The normalized spacial score (nSPS) is 21.8. The number of amides is 1. The number of carbonyl (C=O) groups is 1. The quantitative estimate of drug-likeness (QED) is 0.860. The first-order chi connectivity index (χ1) is 12.0. The van der Waals surface area contributed by atoms with Gasteiger partial charge in [-0.05, 0) is 36.5 Å². The highest BCUT2D eigenvalue weighted by Gasteiger charge is 2.37. The van der Waals surface area contributed by atoms with Gasteiger partial charge in [0.15, 0.2) is 0 Å². The molecular formula is C20H28N2O3. The summed E-state index contributed by atoms with van der Waals surface area (Å²) >= 11 is 0. The lowest BCUT2D eigenvalue weighted by Crippen LogP contribution is -2.43. The maximum atomic E-state index is 12.5. The second-order valence-electron chi connectivity index (χ2n) is 7.47. The first-order valence-corrected chi connectivity index (χ1v) is 9.19. The van der Waals surface area contributed by atoms with Crippen molar-refractivity contribution >= 4 is 11.6 Å². The highest BCUT2D eigenvalue weighted by molar-refractivity contribution is 5.93. The summed E-state index contributed by atoms with van der Waals surface area (Å²) < 4.78 is 5.26. The van der Waals surface area contributed by atoms with E-state index in [1.165, 1.54) is 18.4 Å². The molecule has 25 heavy (non-hydrogen) atoms. The molecule has 0 radical (unpaired) electrons. The Hall–Kier alpha value is -2.04. The van der Waals surface area contributed by atoms with Gasteiger partial charge in [0.2, 0.25) is 6.10 Å². The second kappa shape index (κ2) is 7.46. The van der Waals surface area contributed by atoms with Gasteiger partial charge in [0.25, 0.3) is 5.91 Å². The number of nitrogens with one attached hydrogen (secondary N) is 1. The van der Waals surface area contributed by atoms with Crippen LogP contribution >= 0.6 is 0 Å². The van der Waals surface area contributed by atoms with Crippen LogP contribution in [-0.2, 0) is 15.0 Å². The van der Waals surface area contributed by atoms with Crippen molar-refractivity contribution in [1.82, 2.24) is 5.32 Å². The molecule has 0 spiro atoms. The zero-order valence-corrected chi connectivity index (χ0v) is 15.4. The van der Waals surface area contributed by atoms with Gasteiger partial charge in [0, 0.05) is 18.4 Å². The van der Waals surface area contributed by atoms with E-state index in [-0.39, 0.29) is 11.3 Å². The van der Waals surface area contributed by atoms with Crippen molar-refractivity contribution in [3.63, 3.8) is 0 Å². The summed E-state index contributed by atoms with van der Waals surface area (Å²) in [6.07, 6.45) is 4.70. The van der Waals surface area contributed by atoms with Crippen LogP contribution in [0.4, 0.5) is 0 Å². The minimum Gasteiger partial charge on any atom is -0.497 e. The zero-order chi connectivity index (χ0) is 17.9. The molecule has 5 heteroatoms. The van der Waals surface area contributed by atoms with Gasteiger partial charge in [-0.3, -0.25) is 4.79 Å². The summed E-state index contributed by atoms with van der Waals surface area (Å²) in [5, 5.41) is 7.18. The number of nitrogens with zero attached hydrogens (tertiary/aromatic N) is 1. The number of rotatable bonds is 6. The van der Waals surface area contributed by atoms with E-state index in [1.807, 2.05) is 12.1 Å². The van der Waals surface area contributed by atoms with Gasteiger partial charge in [-0.2, -0.15) is 0 Å². The molecule has 1 aromatic rings. The first kappa shape index (κ1) is 17.8. The molecule has 3 rings (SSSR count). The van der Waals surface area contributed by atoms with Crippen molar-refractivity contribution in [3.8, 4) is 5.75 Å². The van der Waals surface area contributed by atoms with E-state index in [4.69, 9.17) is 9.57 Å². The number of hydrogen-bond donors (Lipinski definition) is 1. The average molecular weight is 344 g/mol. The SMILES string of the molecule is COc1ccc(C2(CNC(=O)C3CC(C(C)C)=NO3)CCCC2)cc1. The fourth-order valence-corrected chi connectivity index (χ4v) is 3.81. The van der Waals surface area contributed by atoms with Crippen LogP contribution < -0.4 is 10.1 Å². The van der Waals surface area contributed by atoms with Crippen LogP contribution in [0.25, 0.3) is 0 Å². The van der Waals surface area contributed by atoms with Gasteiger partial charge in [-0.1, -0.05) is 44.0 Å². The van der Waals surface area contributed by atoms with E-state index in [2.05, 4.69) is 36.5 Å². The number of carbonyl (C=O) groups excluding carboxylic acids is 1. The molecule has 1 heterocycles. The molecule has 1 aromatic carbocycles. The summed E-state index contributed by atoms with van der Waals surface area (Å²) in [7, 11) is 1.68. The Kier molecular flexibility index (Phi) is 5.30. The summed E-state index contributed by atoms with van der Waals surface area (Å²) in [4.78, 5) is 17.8. The predicted molar refractivity (Wildman–Crippen MR) is 97.9 cm³/mol. The van der Waals surface area contributed by atoms with Crippen molar-refractivity contribution in [2.75, 3.05) is 13.7 Å². The highest BCUT2D eigenvalue weighted by Crippen LogP contribution is 2.41. The first-order valence-electron chi connectivity index (χ1n) is 9.19. The molecule has 0 saturated heterocycles. The summed E-state index contributed by atoms with van der Waals surface area (Å²) in [6.45, 7) is 4.79. The fourth-order valence-electron chi connectivity index (χ4n) is 3.81. The Balaban J connectivity index is 1.63. The molecule has 1 atom stereocenters. The largest absolute Gasteiger partial charge is 0.497 e. The summed E-state index contributed by atoms with van der Waals surface area (Å²) in [5.74, 6) is 1.12. The minimum absolute atomic E-state index is 0.0161. The van der Waals surface area contributed by atoms with E-state index < -0.39 is 6.10 Å². The highest BCUT2D eigenvalue weighted by atomic mass is 16.6. The Morgan fingerprint density at radius 1 is 1.32 bits per heavy atom. The molecule has 0 bridgehead atoms. The van der Waals surface area contributed by atoms with Crippen LogP contribution in [-0.4, -0.2) is 31.4 Å². The van der Waals surface area contributed by atoms with Gasteiger partial charge in [0.1, 0.15) is 5.75 Å². The molecule has 5 nitrogen and oxygen atoms in total. The van der Waals surface area contributed by atoms with Gasteiger partial charge < -0.3 is 14.9 Å². The van der Waals surface area contributed by atoms with Crippen molar-refractivity contribution in [3.05, 3.63) is 29.8 Å². The number of methoxy groups -OCH3 is 1. The van der Waals surface area contributed by atoms with Crippen molar-refractivity contribution < 1.29 is 14.4 Å². The van der Waals surface area contributed by atoms with Gasteiger partial charge in [-0.15, -0.1) is 0 Å². The summed E-state index contributed by atoms with van der Waals surface area (Å²) in [5.41, 5.74) is 2.26. The smallest absolute Gasteiger partial charge is 0.264 e. The number of oxime groups is 1. The lowest BCUT2D eigenvalue weighted by atomic mass is 9.78. The van der Waals surface area contributed by atoms with Crippen LogP contribution in [0.5, 0.6) is 5.75 Å². The van der Waals surface area contributed by atoms with Crippen molar-refractivity contribution in [1.29, 1.82) is 0 Å². The number of benzene rings is 1. The topological polar surface area (TPSA) is 59.9 Å². The standard InChI is InChI=1S/C20H28N2O3/c1-14(2)17-12-18(25-22-17)19(23)21-13-20(10-4-5-11-20)15-6-8-16(24-3)9-7-15/h6-9,14,18H,4-5,10-13H2,1-3H3,(H,21,23). The molecule has 1 amide bonds. The van der Waals surface area contributed by atoms with Crippen LogP contribution in [0.3, 0.4) is 0 Å². The lowest BCUT2D eigenvalue weighted by molar-refractivity contribution is -0.131. The molecule has 1 aliphatic heterocycles. The van der Waals surface area contributed by atoms with Crippen LogP contribution in [0.1, 0.15) is 51.5 Å². The molecule has 1 unspecified atom stereocenters. The Bertz CT molecular complexity index is 631. The third kappa shape index (κ3) is 3.80. The molecule has 2 aliphatic rings. The van der Waals surface area contributed by atoms with Crippen LogP contribution in [0.2, 0.25) is 0 Å². The summed E-state index contributed by atoms with van der Waals surface area (Å²) in [6, 6.07) is 8.25. The Morgan fingerprint density at radius 3 is 2.56 bits per heavy atom. The van der Waals surface area contributed by atoms with Crippen molar-refractivity contribution in [2.24, 2.45) is 11.1 Å². The molecular weight excluding hydrogens is 316 g/mol. The Morgan fingerprint density at radius 2 is 2.00 bits per heavy atom. The van der Waals surface area contributed by atoms with Crippen LogP contribution in [0.15, 0.2) is 29.4 Å². The van der Waals surface area contributed by atoms with Crippen molar-refractivity contribution in [2.45, 2.75) is 57.5 Å². The number of hydrogen-bond acceptors (Lipinski definition) is 4. The minimum atomic E-state index is -0.480. The molecule has 1 aliphatic carbocycles. The van der Waals surface area contributed by atoms with E-state index in [0.717, 1.165) is 24.3 Å². The average Bonchev–Trinajstić information content (AvgIpc) is 3.30. The third-order valence-electron chi connectivity index (χ3n) is 5.51. The predicted octanol–water partition coefficient (Wildman–Crippen LogP) is 3.42. The Labute approximate surface area is 149 Å². The van der Waals surface area contributed by atoms with Gasteiger partial charge >= 0.3 is 0 Å². The van der Waals surface area contributed by atoms with E-state index in [9.17, 15) is 4.79 Å². The number of ether oxygens (including phenoxy) is 1. The van der Waals surface area contributed by atoms with E-state index in [0.29, 0.717) is 18.9 Å². The molecule has 136 valence electrons. The molecule has 0 aromatic heterocycles. The molecule has 1 saturated carbocycles. The zero-order valence-electron chi connectivity index (χ0n) is 15.4. The van der Waals surface area contributed by atoms with Gasteiger partial charge in [-0.25, -0.2) is 0 Å². The van der Waals surface area contributed by atoms with Gasteiger partial charge in [0.05, 0.1) is 12.8 Å². The maximum Gasteiger partial charge on any atom is 0.264 e. The molecule has 1 fully saturated rings. The lowest BCUT2D eigenvalue weighted by Gasteiger charge is -2.30. The third-order valence-corrected chi connectivity index (χ3v) is 5.51. The van der Waals surface area contributed by atoms with E-state index >= 15 is 0 Å².